The van der Waals surface area contributed by atoms with Gasteiger partial charge in [0.05, 0.1) is 0 Å². The van der Waals surface area contributed by atoms with Crippen molar-refractivity contribution in [3.8, 4) is 0 Å². The monoisotopic (exact) mass is 216 g/mol. The number of nitrogens with zero attached hydrogens (tertiary/aromatic N) is 2. The van der Waals surface area contributed by atoms with Gasteiger partial charge in [0.25, 0.3) is 4.80 Å². The highest BCUT2D eigenvalue weighted by atomic mass is 79.9. The zero-order valence-corrected chi connectivity index (χ0v) is 7.67. The highest BCUT2D eigenvalue weighted by Crippen LogP contribution is 2.33. The average molecular weight is 217 g/mol. The first-order chi connectivity index (χ1) is 5.34. The molecule has 0 amide bonds. The Kier molecular flexibility index (Phi) is 1.94. The lowest BCUT2D eigenvalue weighted by atomic mass is 10.2. The van der Waals surface area contributed by atoms with Crippen molar-refractivity contribution in [2.45, 2.75) is 25.7 Å². The second-order valence-corrected chi connectivity index (χ2v) is 3.61. The summed E-state index contributed by atoms with van der Waals surface area (Å²) in [7, 11) is 0. The molecule has 1 fully saturated rings. The van der Waals surface area contributed by atoms with Crippen LogP contribution in [0.15, 0.2) is 9.22 Å². The van der Waals surface area contributed by atoms with Crippen LogP contribution in [0.2, 0.25) is 0 Å². The molecule has 1 heterocycles. The second-order valence-electron chi connectivity index (χ2n) is 2.93. The number of aromatic nitrogens is 2. The van der Waals surface area contributed by atoms with E-state index in [4.69, 9.17) is 4.42 Å². The molecule has 0 radical (unpaired) electrons. The minimum atomic E-state index is 0.489. The van der Waals surface area contributed by atoms with Crippen LogP contribution in [-0.4, -0.2) is 10.2 Å². The van der Waals surface area contributed by atoms with E-state index in [9.17, 15) is 0 Å². The van der Waals surface area contributed by atoms with Crippen molar-refractivity contribution in [1.29, 1.82) is 0 Å². The second kappa shape index (κ2) is 2.93. The van der Waals surface area contributed by atoms with Crippen LogP contribution in [0.4, 0.5) is 0 Å². The van der Waals surface area contributed by atoms with Crippen molar-refractivity contribution >= 4 is 15.9 Å². The third-order valence-corrected chi connectivity index (χ3v) is 2.23. The summed E-state index contributed by atoms with van der Waals surface area (Å²) in [6.45, 7) is 0. The minimum Gasteiger partial charge on any atom is -0.416 e. The van der Waals surface area contributed by atoms with Crippen molar-refractivity contribution in [3.63, 3.8) is 0 Å². The maximum Gasteiger partial charge on any atom is 0.284 e. The summed E-state index contributed by atoms with van der Waals surface area (Å²) >= 11 is 3.11. The molecule has 0 aliphatic heterocycles. The molecule has 1 saturated carbocycles. The predicted octanol–water partition coefficient (Wildman–Crippen LogP) is 2.17. The van der Waals surface area contributed by atoms with Gasteiger partial charge in [-0.05, 0) is 12.3 Å². The normalized spacial score (nSPS) is 17.2. The molecule has 1 aromatic rings. The summed E-state index contributed by atoms with van der Waals surface area (Å²) in [5.41, 5.74) is 0. The molecule has 1 aliphatic carbocycles. The molecule has 0 aromatic carbocycles. The maximum absolute atomic E-state index is 5.16. The zero-order valence-electron chi connectivity index (χ0n) is 6.09. The molecule has 0 bridgehead atoms. The molecular formula is C7H9BrN2O. The van der Waals surface area contributed by atoms with Gasteiger partial charge in [-0.15, -0.1) is 10.2 Å². The Labute approximate surface area is 73.3 Å². The van der Waals surface area contributed by atoms with Crippen molar-refractivity contribution in [3.05, 3.63) is 10.7 Å². The predicted molar refractivity (Wildman–Crippen MR) is 43.0 cm³/mol. The average Bonchev–Trinajstić information content (AvgIpc) is 2.72. The van der Waals surface area contributed by atoms with E-state index >= 15 is 0 Å². The highest BCUT2D eigenvalue weighted by molar-refractivity contribution is 9.10. The third kappa shape index (κ3) is 2.02. The number of hydrogen-bond donors (Lipinski definition) is 0. The quantitative estimate of drug-likeness (QED) is 0.778. The summed E-state index contributed by atoms with van der Waals surface area (Å²) < 4.78 is 5.16. The van der Waals surface area contributed by atoms with Gasteiger partial charge in [0.1, 0.15) is 0 Å². The molecule has 0 spiro atoms. The Balaban J connectivity index is 1.85. The van der Waals surface area contributed by atoms with E-state index in [-0.39, 0.29) is 0 Å². The first-order valence-corrected chi connectivity index (χ1v) is 4.62. The molecule has 0 saturated heterocycles. The van der Waals surface area contributed by atoms with E-state index in [1.807, 2.05) is 0 Å². The molecule has 0 unspecified atom stereocenters. The van der Waals surface area contributed by atoms with Crippen LogP contribution < -0.4 is 0 Å². The number of hydrogen-bond acceptors (Lipinski definition) is 3. The molecule has 1 aromatic heterocycles. The molecular weight excluding hydrogens is 208 g/mol. The van der Waals surface area contributed by atoms with Gasteiger partial charge in [0.2, 0.25) is 5.89 Å². The summed E-state index contributed by atoms with van der Waals surface area (Å²) in [5, 5.41) is 7.57. The molecule has 0 atom stereocenters. The lowest BCUT2D eigenvalue weighted by Gasteiger charge is -1.89. The Morgan fingerprint density at radius 2 is 2.27 bits per heavy atom. The Morgan fingerprint density at radius 3 is 2.82 bits per heavy atom. The number of halogens is 1. The smallest absolute Gasteiger partial charge is 0.284 e. The summed E-state index contributed by atoms with van der Waals surface area (Å²) in [6, 6.07) is 0. The van der Waals surface area contributed by atoms with Crippen molar-refractivity contribution in [2.75, 3.05) is 0 Å². The van der Waals surface area contributed by atoms with Crippen molar-refractivity contribution in [1.82, 2.24) is 10.2 Å². The largest absolute Gasteiger partial charge is 0.416 e. The first kappa shape index (κ1) is 7.28. The summed E-state index contributed by atoms with van der Waals surface area (Å²) in [4.78, 5) is 0.489. The van der Waals surface area contributed by atoms with Crippen molar-refractivity contribution < 1.29 is 4.42 Å². The fraction of sp³-hybridized carbons (Fsp3) is 0.714. The zero-order chi connectivity index (χ0) is 7.68. The van der Waals surface area contributed by atoms with Gasteiger partial charge in [-0.1, -0.05) is 12.8 Å². The van der Waals surface area contributed by atoms with Crippen LogP contribution >= 0.6 is 15.9 Å². The lowest BCUT2D eigenvalue weighted by Crippen LogP contribution is -1.86. The van der Waals surface area contributed by atoms with E-state index in [1.165, 1.54) is 19.3 Å². The van der Waals surface area contributed by atoms with Gasteiger partial charge in [0, 0.05) is 22.4 Å². The van der Waals surface area contributed by atoms with Crippen molar-refractivity contribution in [2.24, 2.45) is 5.92 Å². The Bertz CT molecular complexity index is 244. The fourth-order valence-corrected chi connectivity index (χ4v) is 1.33. The van der Waals surface area contributed by atoms with E-state index < -0.39 is 0 Å². The minimum absolute atomic E-state index is 0.489. The molecule has 3 nitrogen and oxygen atoms in total. The maximum atomic E-state index is 5.16. The number of aryl methyl sites for hydroxylation is 1. The van der Waals surface area contributed by atoms with Crippen LogP contribution in [-0.2, 0) is 6.42 Å². The third-order valence-electron chi connectivity index (χ3n) is 1.91. The van der Waals surface area contributed by atoms with Crippen LogP contribution in [0.3, 0.4) is 0 Å². The molecule has 4 heteroatoms. The topological polar surface area (TPSA) is 38.9 Å². The summed E-state index contributed by atoms with van der Waals surface area (Å²) in [6.07, 6.45) is 4.91. The molecule has 2 rings (SSSR count). The molecule has 60 valence electrons. The lowest BCUT2D eigenvalue weighted by molar-refractivity contribution is 0.460. The fourth-order valence-electron chi connectivity index (χ4n) is 1.07. The SMILES string of the molecule is Brc1nnc(CCC2CC2)o1. The van der Waals surface area contributed by atoms with E-state index in [0.717, 1.165) is 18.2 Å². The van der Waals surface area contributed by atoms with Gasteiger partial charge in [-0.3, -0.25) is 0 Å². The Morgan fingerprint density at radius 1 is 1.45 bits per heavy atom. The summed E-state index contributed by atoms with van der Waals surface area (Å²) in [5.74, 6) is 1.68. The molecule has 11 heavy (non-hydrogen) atoms. The standard InChI is InChI=1S/C7H9BrN2O/c8-7-10-9-6(11-7)4-3-5-1-2-5/h5H,1-4H2. The first-order valence-electron chi connectivity index (χ1n) is 3.82. The van der Waals surface area contributed by atoms with Gasteiger partial charge in [-0.25, -0.2) is 0 Å². The van der Waals surface area contributed by atoms with E-state index in [2.05, 4.69) is 26.1 Å². The van der Waals surface area contributed by atoms with Gasteiger partial charge in [0.15, 0.2) is 0 Å². The van der Waals surface area contributed by atoms with Crippen LogP contribution in [0.1, 0.15) is 25.2 Å². The van der Waals surface area contributed by atoms with Gasteiger partial charge < -0.3 is 4.42 Å². The molecule has 1 aliphatic rings. The van der Waals surface area contributed by atoms with Gasteiger partial charge >= 0.3 is 0 Å². The molecule has 0 N–H and O–H groups in total. The van der Waals surface area contributed by atoms with E-state index in [0.29, 0.717) is 4.80 Å². The van der Waals surface area contributed by atoms with Gasteiger partial charge in [-0.2, -0.15) is 0 Å². The highest BCUT2D eigenvalue weighted by Gasteiger charge is 2.21. The van der Waals surface area contributed by atoms with Crippen LogP contribution in [0, 0.1) is 5.92 Å². The number of rotatable bonds is 3. The van der Waals surface area contributed by atoms with Crippen LogP contribution in [0.5, 0.6) is 0 Å². The Hall–Kier alpha value is -0.380. The van der Waals surface area contributed by atoms with Crippen LogP contribution in [0.25, 0.3) is 0 Å². The van der Waals surface area contributed by atoms with E-state index in [1.54, 1.807) is 0 Å².